The van der Waals surface area contributed by atoms with Crippen molar-refractivity contribution in [3.8, 4) is 0 Å². The van der Waals surface area contributed by atoms with Crippen LogP contribution in [0.4, 0.5) is 0 Å². The van der Waals surface area contributed by atoms with Gasteiger partial charge in [-0.2, -0.15) is 0 Å². The van der Waals surface area contributed by atoms with Gasteiger partial charge in [0.25, 0.3) is 0 Å². The molecule has 17 heavy (non-hydrogen) atoms. The van der Waals surface area contributed by atoms with Crippen molar-refractivity contribution in [1.82, 2.24) is 4.57 Å². The van der Waals surface area contributed by atoms with Crippen LogP contribution in [-0.2, 0) is 18.5 Å². The first-order chi connectivity index (χ1) is 7.79. The van der Waals surface area contributed by atoms with Crippen LogP contribution in [0.5, 0.6) is 0 Å². The van der Waals surface area contributed by atoms with Crippen LogP contribution < -0.4 is 17.0 Å². The van der Waals surface area contributed by atoms with E-state index in [1.807, 2.05) is 28.6 Å². The third kappa shape index (κ3) is 5.19. The number of imidazole rings is 1. The highest BCUT2D eigenvalue weighted by atomic mass is 35.5. The highest BCUT2D eigenvalue weighted by molar-refractivity contribution is 5.72. The SMILES string of the molecule is CCCCCOCn1cc[n+](C)c1C=NO.[Cl-]. The lowest BCUT2D eigenvalue weighted by Gasteiger charge is -2.01. The summed E-state index contributed by atoms with van der Waals surface area (Å²) < 4.78 is 9.29. The molecule has 0 aliphatic rings. The zero-order chi connectivity index (χ0) is 11.8. The molecule has 0 aliphatic heterocycles. The fourth-order valence-electron chi connectivity index (χ4n) is 1.48. The molecule has 1 rings (SSSR count). The predicted molar refractivity (Wildman–Crippen MR) is 60.5 cm³/mol. The van der Waals surface area contributed by atoms with E-state index in [1.165, 1.54) is 19.1 Å². The van der Waals surface area contributed by atoms with E-state index < -0.39 is 0 Å². The molecule has 0 atom stereocenters. The van der Waals surface area contributed by atoms with Gasteiger partial charge in [0.1, 0.15) is 12.4 Å². The van der Waals surface area contributed by atoms with Crippen LogP contribution in [0.1, 0.15) is 32.0 Å². The standard InChI is InChI=1S/C11H19N3O2.ClH/c1-3-4-5-8-16-10-14-7-6-13(2)11(14)9-12-15;/h6-7,9H,3-5,8,10H2,1-2H3;1H. The Balaban J connectivity index is 0.00000256. The lowest BCUT2D eigenvalue weighted by Crippen LogP contribution is -3.00. The number of rotatable bonds is 7. The quantitative estimate of drug-likeness (QED) is 0.209. The van der Waals surface area contributed by atoms with E-state index in [4.69, 9.17) is 9.94 Å². The van der Waals surface area contributed by atoms with Crippen LogP contribution in [0.25, 0.3) is 0 Å². The fraction of sp³-hybridized carbons (Fsp3) is 0.636. The maximum atomic E-state index is 8.53. The molecule has 0 unspecified atom stereocenters. The van der Waals surface area contributed by atoms with E-state index in [-0.39, 0.29) is 12.4 Å². The summed E-state index contributed by atoms with van der Waals surface area (Å²) in [6.45, 7) is 3.43. The predicted octanol–water partition coefficient (Wildman–Crippen LogP) is -1.71. The Morgan fingerprint density at radius 1 is 1.53 bits per heavy atom. The number of aromatic nitrogens is 2. The fourth-order valence-corrected chi connectivity index (χ4v) is 1.48. The van der Waals surface area contributed by atoms with Crippen molar-refractivity contribution >= 4 is 6.21 Å². The van der Waals surface area contributed by atoms with Crippen molar-refractivity contribution in [3.63, 3.8) is 0 Å². The number of hydrogen-bond acceptors (Lipinski definition) is 3. The van der Waals surface area contributed by atoms with Crippen molar-refractivity contribution in [3.05, 3.63) is 18.2 Å². The summed E-state index contributed by atoms with van der Waals surface area (Å²) in [7, 11) is 1.89. The third-order valence-corrected chi connectivity index (χ3v) is 2.42. The first kappa shape index (κ1) is 15.9. The van der Waals surface area contributed by atoms with Crippen LogP contribution in [0, 0.1) is 0 Å². The molecular weight excluding hydrogens is 242 g/mol. The molecule has 1 N–H and O–H groups in total. The van der Waals surface area contributed by atoms with Gasteiger partial charge in [0, 0.05) is 0 Å². The molecule has 0 saturated heterocycles. The van der Waals surface area contributed by atoms with E-state index in [1.54, 1.807) is 0 Å². The Bertz CT molecular complexity index is 339. The monoisotopic (exact) mass is 261 g/mol. The second-order valence-corrected chi connectivity index (χ2v) is 3.73. The van der Waals surface area contributed by atoms with Gasteiger partial charge in [-0.15, -0.1) is 0 Å². The number of halogens is 1. The van der Waals surface area contributed by atoms with Crippen LogP contribution >= 0.6 is 0 Å². The van der Waals surface area contributed by atoms with Crippen molar-refractivity contribution in [1.29, 1.82) is 0 Å². The third-order valence-electron chi connectivity index (χ3n) is 2.42. The number of unbranched alkanes of at least 4 members (excludes halogenated alkanes) is 2. The topological polar surface area (TPSA) is 50.6 Å². The first-order valence-corrected chi connectivity index (χ1v) is 5.59. The van der Waals surface area contributed by atoms with E-state index in [9.17, 15) is 0 Å². The summed E-state index contributed by atoms with van der Waals surface area (Å²) in [6, 6.07) is 0. The number of ether oxygens (including phenoxy) is 1. The Labute approximate surface area is 108 Å². The first-order valence-electron chi connectivity index (χ1n) is 5.59. The summed E-state index contributed by atoms with van der Waals surface area (Å²) >= 11 is 0. The molecule has 98 valence electrons. The van der Waals surface area contributed by atoms with Gasteiger partial charge in [0.2, 0.25) is 0 Å². The van der Waals surface area contributed by atoms with Crippen molar-refractivity contribution in [2.45, 2.75) is 32.9 Å². The summed E-state index contributed by atoms with van der Waals surface area (Å²) in [5.74, 6) is 0.804. The van der Waals surface area contributed by atoms with Gasteiger partial charge in [0.05, 0.1) is 13.7 Å². The Hall–Kier alpha value is -1.07. The average Bonchev–Trinajstić information content (AvgIpc) is 2.62. The minimum absolute atomic E-state index is 0. The summed E-state index contributed by atoms with van der Waals surface area (Å²) in [4.78, 5) is 0. The summed E-state index contributed by atoms with van der Waals surface area (Å²) in [5, 5.41) is 11.6. The second-order valence-electron chi connectivity index (χ2n) is 3.73. The van der Waals surface area contributed by atoms with Crippen LogP contribution in [0.2, 0.25) is 0 Å². The van der Waals surface area contributed by atoms with E-state index >= 15 is 0 Å². The molecule has 0 saturated carbocycles. The molecule has 1 heterocycles. The van der Waals surface area contributed by atoms with Gasteiger partial charge in [-0.25, -0.2) is 9.13 Å². The van der Waals surface area contributed by atoms with Gasteiger partial charge < -0.3 is 22.4 Å². The van der Waals surface area contributed by atoms with Gasteiger partial charge in [-0.3, -0.25) is 0 Å². The Morgan fingerprint density at radius 3 is 2.94 bits per heavy atom. The van der Waals surface area contributed by atoms with E-state index in [2.05, 4.69) is 12.1 Å². The molecular formula is C11H20ClN3O2. The molecule has 0 fully saturated rings. The molecule has 0 bridgehead atoms. The van der Waals surface area contributed by atoms with Crippen LogP contribution in [0.15, 0.2) is 17.5 Å². The number of hydrogen-bond donors (Lipinski definition) is 1. The van der Waals surface area contributed by atoms with Crippen LogP contribution in [0.3, 0.4) is 0 Å². The highest BCUT2D eigenvalue weighted by Crippen LogP contribution is 1.97. The largest absolute Gasteiger partial charge is 1.00 e. The molecule has 0 amide bonds. The zero-order valence-electron chi connectivity index (χ0n) is 10.3. The van der Waals surface area contributed by atoms with Gasteiger partial charge in [-0.05, 0) is 6.42 Å². The van der Waals surface area contributed by atoms with Crippen LogP contribution in [-0.4, -0.2) is 22.6 Å². The van der Waals surface area contributed by atoms with E-state index in [0.29, 0.717) is 6.73 Å². The molecule has 6 heteroatoms. The van der Waals surface area contributed by atoms with Gasteiger partial charge >= 0.3 is 5.82 Å². The zero-order valence-corrected chi connectivity index (χ0v) is 11.1. The maximum Gasteiger partial charge on any atom is 0.305 e. The lowest BCUT2D eigenvalue weighted by molar-refractivity contribution is -0.672. The molecule has 0 aromatic carbocycles. The second kappa shape index (κ2) is 9.01. The Morgan fingerprint density at radius 2 is 2.29 bits per heavy atom. The Kier molecular flexibility index (Phi) is 8.44. The number of nitrogens with zero attached hydrogens (tertiary/aromatic N) is 3. The van der Waals surface area contributed by atoms with Crippen molar-refractivity contribution in [2.24, 2.45) is 12.2 Å². The molecule has 0 aliphatic carbocycles. The smallest absolute Gasteiger partial charge is 0.305 e. The lowest BCUT2D eigenvalue weighted by atomic mass is 10.3. The molecule has 1 aromatic heterocycles. The van der Waals surface area contributed by atoms with Gasteiger partial charge in [0.15, 0.2) is 12.9 Å². The number of oxime groups is 1. The van der Waals surface area contributed by atoms with Crippen molar-refractivity contribution in [2.75, 3.05) is 6.61 Å². The molecule has 1 aromatic rings. The molecule has 0 radical (unpaired) electrons. The molecule has 0 spiro atoms. The van der Waals surface area contributed by atoms with Crippen molar-refractivity contribution < 1.29 is 26.9 Å². The minimum Gasteiger partial charge on any atom is -1.00 e. The van der Waals surface area contributed by atoms with E-state index in [0.717, 1.165) is 18.9 Å². The number of aryl methyl sites for hydroxylation is 1. The highest BCUT2D eigenvalue weighted by Gasteiger charge is 2.11. The summed E-state index contributed by atoms with van der Waals surface area (Å²) in [5.41, 5.74) is 0. The normalized spacial score (nSPS) is 10.7. The molecule has 5 nitrogen and oxygen atoms in total. The average molecular weight is 262 g/mol. The minimum atomic E-state index is 0. The maximum absolute atomic E-state index is 8.53. The van der Waals surface area contributed by atoms with Gasteiger partial charge in [-0.1, -0.05) is 24.9 Å². The summed E-state index contributed by atoms with van der Waals surface area (Å²) in [6.07, 6.45) is 8.68.